The third kappa shape index (κ3) is 2.88. The van der Waals surface area contributed by atoms with E-state index in [-0.39, 0.29) is 5.78 Å². The molecular weight excluding hydrogens is 331 g/mol. The van der Waals surface area contributed by atoms with Crippen LogP contribution in [0.1, 0.15) is 27.0 Å². The molecule has 2 rings (SSSR count). The second-order valence-electron chi connectivity index (χ2n) is 4.37. The second-order valence-corrected chi connectivity index (χ2v) is 5.63. The van der Waals surface area contributed by atoms with Gasteiger partial charge in [0, 0.05) is 15.6 Å². The molecule has 0 atom stereocenters. The largest absolute Gasteiger partial charge is 0.289 e. The summed E-state index contributed by atoms with van der Waals surface area (Å²) in [6.45, 7) is 3.85. The number of halogens is 3. The van der Waals surface area contributed by atoms with Crippen LogP contribution in [-0.2, 0) is 0 Å². The maximum atomic E-state index is 13.0. The fraction of sp³-hybridized carbons (Fsp3) is 0.133. The van der Waals surface area contributed by atoms with E-state index in [0.29, 0.717) is 20.6 Å². The van der Waals surface area contributed by atoms with Crippen molar-refractivity contribution >= 4 is 33.3 Å². The van der Waals surface area contributed by atoms with E-state index in [1.54, 1.807) is 12.1 Å². The molecule has 0 spiro atoms. The summed E-state index contributed by atoms with van der Waals surface area (Å²) in [5.41, 5.74) is 2.84. The predicted octanol–water partition coefficient (Wildman–Crippen LogP) is 5.09. The highest BCUT2D eigenvalue weighted by Crippen LogP contribution is 2.27. The van der Waals surface area contributed by atoms with Gasteiger partial charge in [0.15, 0.2) is 5.78 Å². The molecule has 0 aliphatic heterocycles. The van der Waals surface area contributed by atoms with Crippen LogP contribution in [0.5, 0.6) is 0 Å². The summed E-state index contributed by atoms with van der Waals surface area (Å²) in [6, 6.07) is 7.50. The fourth-order valence-electron chi connectivity index (χ4n) is 1.77. The molecule has 0 unspecified atom stereocenters. The minimum atomic E-state index is -0.394. The smallest absolute Gasteiger partial charge is 0.195 e. The first kappa shape index (κ1) is 14.2. The summed E-state index contributed by atoms with van der Waals surface area (Å²) in [7, 11) is 0. The molecule has 98 valence electrons. The summed E-state index contributed by atoms with van der Waals surface area (Å²) < 4.78 is 13.5. The number of rotatable bonds is 2. The summed E-state index contributed by atoms with van der Waals surface area (Å²) in [5.74, 6) is -0.616. The molecule has 0 aliphatic carbocycles. The SMILES string of the molecule is Cc1cc(Cl)c(C(=O)c2ccc(F)cc2Br)cc1C. The van der Waals surface area contributed by atoms with Crippen LogP contribution in [0.4, 0.5) is 4.39 Å². The first-order valence-corrected chi connectivity index (χ1v) is 6.83. The van der Waals surface area contributed by atoms with Gasteiger partial charge in [-0.15, -0.1) is 0 Å². The molecule has 0 heterocycles. The van der Waals surface area contributed by atoms with Gasteiger partial charge in [-0.2, -0.15) is 0 Å². The Kier molecular flexibility index (Phi) is 4.07. The van der Waals surface area contributed by atoms with Crippen molar-refractivity contribution in [3.05, 3.63) is 67.9 Å². The van der Waals surface area contributed by atoms with Crippen molar-refractivity contribution in [1.29, 1.82) is 0 Å². The molecule has 0 N–H and O–H groups in total. The lowest BCUT2D eigenvalue weighted by Gasteiger charge is -2.09. The molecule has 0 bridgehead atoms. The van der Waals surface area contributed by atoms with E-state index >= 15 is 0 Å². The minimum Gasteiger partial charge on any atom is -0.289 e. The number of carbonyl (C=O) groups is 1. The van der Waals surface area contributed by atoms with Gasteiger partial charge in [-0.3, -0.25) is 4.79 Å². The molecular formula is C15H11BrClFO. The summed E-state index contributed by atoms with van der Waals surface area (Å²) in [4.78, 5) is 12.4. The standard InChI is InChI=1S/C15H11BrClFO/c1-8-5-12(14(17)6-9(8)2)15(19)11-4-3-10(18)7-13(11)16/h3-7H,1-2H3. The molecule has 0 saturated heterocycles. The van der Waals surface area contributed by atoms with Crippen LogP contribution in [0, 0.1) is 19.7 Å². The van der Waals surface area contributed by atoms with E-state index in [2.05, 4.69) is 15.9 Å². The number of benzene rings is 2. The Bertz CT molecular complexity index is 667. The van der Waals surface area contributed by atoms with Crippen LogP contribution in [0.25, 0.3) is 0 Å². The van der Waals surface area contributed by atoms with Crippen molar-refractivity contribution in [2.24, 2.45) is 0 Å². The van der Waals surface area contributed by atoms with Crippen molar-refractivity contribution in [2.45, 2.75) is 13.8 Å². The fourth-order valence-corrected chi connectivity index (χ4v) is 2.61. The summed E-state index contributed by atoms with van der Waals surface area (Å²) >= 11 is 9.32. The zero-order valence-electron chi connectivity index (χ0n) is 10.4. The van der Waals surface area contributed by atoms with E-state index in [1.807, 2.05) is 13.8 Å². The Morgan fingerprint density at radius 3 is 2.37 bits per heavy atom. The average Bonchev–Trinajstić information content (AvgIpc) is 2.33. The lowest BCUT2D eigenvalue weighted by Crippen LogP contribution is -2.04. The molecule has 0 fully saturated rings. The molecule has 0 radical (unpaired) electrons. The molecule has 19 heavy (non-hydrogen) atoms. The number of hydrogen-bond donors (Lipinski definition) is 0. The predicted molar refractivity (Wildman–Crippen MR) is 78.5 cm³/mol. The molecule has 4 heteroatoms. The zero-order chi connectivity index (χ0) is 14.2. The molecule has 0 amide bonds. The van der Waals surface area contributed by atoms with E-state index in [0.717, 1.165) is 11.1 Å². The lowest BCUT2D eigenvalue weighted by atomic mass is 9.99. The van der Waals surface area contributed by atoms with Gasteiger partial charge in [0.2, 0.25) is 0 Å². The van der Waals surface area contributed by atoms with Crippen LogP contribution in [-0.4, -0.2) is 5.78 Å². The van der Waals surface area contributed by atoms with Gasteiger partial charge in [0.05, 0.1) is 5.02 Å². The highest BCUT2D eigenvalue weighted by Gasteiger charge is 2.17. The highest BCUT2D eigenvalue weighted by atomic mass is 79.9. The van der Waals surface area contributed by atoms with E-state index < -0.39 is 5.82 Å². The molecule has 1 nitrogen and oxygen atoms in total. The van der Waals surface area contributed by atoms with Crippen molar-refractivity contribution < 1.29 is 9.18 Å². The van der Waals surface area contributed by atoms with Crippen LogP contribution in [0.3, 0.4) is 0 Å². The molecule has 0 aliphatic rings. The van der Waals surface area contributed by atoms with Gasteiger partial charge in [-0.25, -0.2) is 4.39 Å². The lowest BCUT2D eigenvalue weighted by molar-refractivity contribution is 0.103. The first-order chi connectivity index (χ1) is 8.90. The Morgan fingerprint density at radius 1 is 1.11 bits per heavy atom. The number of ketones is 1. The molecule has 2 aromatic carbocycles. The Labute approximate surface area is 124 Å². The number of aryl methyl sites for hydroxylation is 2. The van der Waals surface area contributed by atoms with Crippen molar-refractivity contribution in [2.75, 3.05) is 0 Å². The molecule has 0 aromatic heterocycles. The van der Waals surface area contributed by atoms with E-state index in [4.69, 9.17) is 11.6 Å². The zero-order valence-corrected chi connectivity index (χ0v) is 12.8. The van der Waals surface area contributed by atoms with Crippen molar-refractivity contribution in [3.8, 4) is 0 Å². The van der Waals surface area contributed by atoms with Gasteiger partial charge in [0.1, 0.15) is 5.82 Å². The Balaban J connectivity index is 2.53. The maximum Gasteiger partial charge on any atom is 0.195 e. The van der Waals surface area contributed by atoms with Crippen LogP contribution in [0.2, 0.25) is 5.02 Å². The van der Waals surface area contributed by atoms with Gasteiger partial charge in [0.25, 0.3) is 0 Å². The normalized spacial score (nSPS) is 10.6. The summed E-state index contributed by atoms with van der Waals surface area (Å²) in [6.07, 6.45) is 0. The average molecular weight is 342 g/mol. The highest BCUT2D eigenvalue weighted by molar-refractivity contribution is 9.10. The molecule has 2 aromatic rings. The third-order valence-corrected chi connectivity index (χ3v) is 3.97. The molecule has 0 saturated carbocycles. The van der Waals surface area contributed by atoms with E-state index in [1.165, 1.54) is 18.2 Å². The van der Waals surface area contributed by atoms with Crippen molar-refractivity contribution in [3.63, 3.8) is 0 Å². The number of carbonyl (C=O) groups excluding carboxylic acids is 1. The van der Waals surface area contributed by atoms with Crippen LogP contribution >= 0.6 is 27.5 Å². The van der Waals surface area contributed by atoms with Crippen LogP contribution < -0.4 is 0 Å². The van der Waals surface area contributed by atoms with Crippen LogP contribution in [0.15, 0.2) is 34.8 Å². The quantitative estimate of drug-likeness (QED) is 0.695. The van der Waals surface area contributed by atoms with E-state index in [9.17, 15) is 9.18 Å². The first-order valence-electron chi connectivity index (χ1n) is 5.66. The number of hydrogen-bond acceptors (Lipinski definition) is 1. The monoisotopic (exact) mass is 340 g/mol. The van der Waals surface area contributed by atoms with Gasteiger partial charge < -0.3 is 0 Å². The third-order valence-electron chi connectivity index (χ3n) is 3.00. The Hall–Kier alpha value is -1.19. The topological polar surface area (TPSA) is 17.1 Å². The van der Waals surface area contributed by atoms with Gasteiger partial charge in [-0.05, 0) is 71.2 Å². The Morgan fingerprint density at radius 2 is 1.74 bits per heavy atom. The minimum absolute atomic E-state index is 0.222. The second kappa shape index (κ2) is 5.43. The maximum absolute atomic E-state index is 13.0. The van der Waals surface area contributed by atoms with Crippen molar-refractivity contribution in [1.82, 2.24) is 0 Å². The van der Waals surface area contributed by atoms with Gasteiger partial charge in [-0.1, -0.05) is 11.6 Å². The van der Waals surface area contributed by atoms with Gasteiger partial charge >= 0.3 is 0 Å². The summed E-state index contributed by atoms with van der Waals surface area (Å²) in [5, 5.41) is 0.407.